The van der Waals surface area contributed by atoms with Crippen molar-refractivity contribution in [2.24, 2.45) is 5.92 Å². The summed E-state index contributed by atoms with van der Waals surface area (Å²) >= 11 is 0. The molecule has 0 saturated carbocycles. The number of hydrogen-bond donors (Lipinski definition) is 1. The highest BCUT2D eigenvalue weighted by atomic mass is 16.1. The van der Waals surface area contributed by atoms with Gasteiger partial charge in [0, 0.05) is 12.1 Å². The van der Waals surface area contributed by atoms with E-state index in [9.17, 15) is 4.79 Å². The highest BCUT2D eigenvalue weighted by Gasteiger charge is 2.08. The quantitative estimate of drug-likeness (QED) is 0.894. The summed E-state index contributed by atoms with van der Waals surface area (Å²) in [6.45, 7) is 3.72. The summed E-state index contributed by atoms with van der Waals surface area (Å²) in [4.78, 5) is 15.8. The minimum Gasteiger partial charge on any atom is -0.310 e. The van der Waals surface area contributed by atoms with E-state index in [4.69, 9.17) is 0 Å². The van der Waals surface area contributed by atoms with Crippen molar-refractivity contribution in [1.29, 1.82) is 0 Å². The van der Waals surface area contributed by atoms with Gasteiger partial charge in [-0.2, -0.15) is 0 Å². The summed E-state index contributed by atoms with van der Waals surface area (Å²) in [5.74, 6) is 0.523. The summed E-state index contributed by atoms with van der Waals surface area (Å²) in [6.07, 6.45) is 1.71. The van der Waals surface area contributed by atoms with Crippen molar-refractivity contribution in [3.05, 3.63) is 48.7 Å². The van der Waals surface area contributed by atoms with Gasteiger partial charge in [0.05, 0.1) is 0 Å². The van der Waals surface area contributed by atoms with Crippen LogP contribution in [0.5, 0.6) is 0 Å². The van der Waals surface area contributed by atoms with E-state index in [0.717, 1.165) is 11.1 Å². The zero-order chi connectivity index (χ0) is 13.0. The Morgan fingerprint density at radius 1 is 1.11 bits per heavy atom. The van der Waals surface area contributed by atoms with Gasteiger partial charge in [-0.25, -0.2) is 4.98 Å². The maximum absolute atomic E-state index is 11.6. The van der Waals surface area contributed by atoms with E-state index in [-0.39, 0.29) is 11.8 Å². The van der Waals surface area contributed by atoms with Crippen molar-refractivity contribution in [2.45, 2.75) is 13.8 Å². The molecule has 1 amide bonds. The fourth-order valence-corrected chi connectivity index (χ4v) is 1.58. The molecule has 0 unspecified atom stereocenters. The Kier molecular flexibility index (Phi) is 3.72. The molecule has 92 valence electrons. The highest BCUT2D eigenvalue weighted by Crippen LogP contribution is 2.20. The third-order valence-electron chi connectivity index (χ3n) is 2.64. The first-order chi connectivity index (χ1) is 8.66. The third kappa shape index (κ3) is 2.94. The van der Waals surface area contributed by atoms with E-state index in [0.29, 0.717) is 5.82 Å². The number of nitrogens with one attached hydrogen (secondary N) is 1. The molecule has 0 spiro atoms. The second-order valence-corrected chi connectivity index (χ2v) is 4.44. The Labute approximate surface area is 107 Å². The van der Waals surface area contributed by atoms with E-state index in [1.807, 2.05) is 56.3 Å². The number of benzene rings is 1. The largest absolute Gasteiger partial charge is 0.310 e. The number of rotatable bonds is 3. The van der Waals surface area contributed by atoms with Crippen LogP contribution in [0.25, 0.3) is 11.1 Å². The molecule has 0 aliphatic carbocycles. The molecule has 3 nitrogen and oxygen atoms in total. The van der Waals surface area contributed by atoms with Gasteiger partial charge in [-0.05, 0) is 23.3 Å². The minimum atomic E-state index is -0.0489. The van der Waals surface area contributed by atoms with Crippen LogP contribution >= 0.6 is 0 Å². The highest BCUT2D eigenvalue weighted by molar-refractivity contribution is 5.91. The summed E-state index contributed by atoms with van der Waals surface area (Å²) in [6, 6.07) is 13.8. The number of carbonyl (C=O) groups is 1. The van der Waals surface area contributed by atoms with Crippen molar-refractivity contribution < 1.29 is 4.79 Å². The van der Waals surface area contributed by atoms with E-state index in [1.54, 1.807) is 6.20 Å². The zero-order valence-electron chi connectivity index (χ0n) is 10.6. The van der Waals surface area contributed by atoms with Crippen LogP contribution in [-0.4, -0.2) is 10.9 Å². The molecule has 1 aromatic carbocycles. The molecule has 0 aliphatic rings. The number of anilines is 1. The van der Waals surface area contributed by atoms with Crippen LogP contribution in [-0.2, 0) is 4.79 Å². The molecule has 0 saturated heterocycles. The van der Waals surface area contributed by atoms with Gasteiger partial charge < -0.3 is 5.32 Å². The first-order valence-electron chi connectivity index (χ1n) is 5.99. The minimum absolute atomic E-state index is 0.0206. The van der Waals surface area contributed by atoms with Gasteiger partial charge in [-0.1, -0.05) is 44.2 Å². The predicted octanol–water partition coefficient (Wildman–Crippen LogP) is 3.34. The lowest BCUT2D eigenvalue weighted by Crippen LogP contribution is -2.18. The van der Waals surface area contributed by atoms with Gasteiger partial charge in [0.25, 0.3) is 0 Å². The summed E-state index contributed by atoms with van der Waals surface area (Å²) in [7, 11) is 0. The first kappa shape index (κ1) is 12.3. The van der Waals surface area contributed by atoms with Crippen LogP contribution in [0.15, 0.2) is 48.7 Å². The van der Waals surface area contributed by atoms with Crippen LogP contribution in [0.3, 0.4) is 0 Å². The Balaban J connectivity index is 2.23. The molecular weight excluding hydrogens is 224 g/mol. The molecule has 2 rings (SSSR count). The van der Waals surface area contributed by atoms with Crippen molar-refractivity contribution in [1.82, 2.24) is 4.98 Å². The third-order valence-corrected chi connectivity index (χ3v) is 2.64. The lowest BCUT2D eigenvalue weighted by atomic mass is 10.1. The maximum atomic E-state index is 11.6. The van der Waals surface area contributed by atoms with Gasteiger partial charge in [-0.15, -0.1) is 0 Å². The lowest BCUT2D eigenvalue weighted by Gasteiger charge is -2.08. The van der Waals surface area contributed by atoms with Crippen molar-refractivity contribution in [3.63, 3.8) is 0 Å². The summed E-state index contributed by atoms with van der Waals surface area (Å²) in [5, 5.41) is 2.80. The molecule has 3 heteroatoms. The first-order valence-corrected chi connectivity index (χ1v) is 5.99. The lowest BCUT2D eigenvalue weighted by molar-refractivity contribution is -0.118. The van der Waals surface area contributed by atoms with Crippen LogP contribution in [0.4, 0.5) is 5.82 Å². The molecule has 2 aromatic rings. The average molecular weight is 240 g/mol. The van der Waals surface area contributed by atoms with Crippen molar-refractivity contribution >= 4 is 11.7 Å². The molecule has 1 aromatic heterocycles. The normalized spacial score (nSPS) is 10.4. The van der Waals surface area contributed by atoms with Crippen LogP contribution < -0.4 is 5.32 Å². The number of nitrogens with zero attached hydrogens (tertiary/aromatic N) is 1. The van der Waals surface area contributed by atoms with E-state index in [1.165, 1.54) is 0 Å². The average Bonchev–Trinajstić information content (AvgIpc) is 2.40. The predicted molar refractivity (Wildman–Crippen MR) is 73.1 cm³/mol. The molecule has 0 atom stereocenters. The SMILES string of the molecule is CC(C)C(=O)Nc1cc(-c2ccccc2)ccn1. The fraction of sp³-hybridized carbons (Fsp3) is 0.200. The molecule has 1 heterocycles. The Hall–Kier alpha value is -2.16. The molecule has 0 aliphatic heterocycles. The van der Waals surface area contributed by atoms with Crippen LogP contribution in [0.2, 0.25) is 0 Å². The van der Waals surface area contributed by atoms with Crippen LogP contribution in [0, 0.1) is 5.92 Å². The Morgan fingerprint density at radius 3 is 2.50 bits per heavy atom. The number of aromatic nitrogens is 1. The van der Waals surface area contributed by atoms with Crippen LogP contribution in [0.1, 0.15) is 13.8 Å². The summed E-state index contributed by atoms with van der Waals surface area (Å²) < 4.78 is 0. The molecule has 18 heavy (non-hydrogen) atoms. The number of pyridine rings is 1. The van der Waals surface area contributed by atoms with Gasteiger partial charge in [0.2, 0.25) is 5.91 Å². The summed E-state index contributed by atoms with van der Waals surface area (Å²) in [5.41, 5.74) is 2.16. The molecule has 0 radical (unpaired) electrons. The smallest absolute Gasteiger partial charge is 0.228 e. The van der Waals surface area contributed by atoms with Crippen molar-refractivity contribution in [3.8, 4) is 11.1 Å². The Bertz CT molecular complexity index is 535. The topological polar surface area (TPSA) is 42.0 Å². The van der Waals surface area contributed by atoms with Gasteiger partial charge in [0.1, 0.15) is 5.82 Å². The second kappa shape index (κ2) is 5.45. The maximum Gasteiger partial charge on any atom is 0.228 e. The number of hydrogen-bond acceptors (Lipinski definition) is 2. The monoisotopic (exact) mass is 240 g/mol. The molecular formula is C15H16N2O. The number of carbonyl (C=O) groups excluding carboxylic acids is 1. The van der Waals surface area contributed by atoms with Gasteiger partial charge in [-0.3, -0.25) is 4.79 Å². The standard InChI is InChI=1S/C15H16N2O/c1-11(2)15(18)17-14-10-13(8-9-16-14)12-6-4-3-5-7-12/h3-11H,1-2H3,(H,16,17,18). The molecule has 0 bridgehead atoms. The van der Waals surface area contributed by atoms with Crippen molar-refractivity contribution in [2.75, 3.05) is 5.32 Å². The van der Waals surface area contributed by atoms with Gasteiger partial charge in [0.15, 0.2) is 0 Å². The molecule has 0 fully saturated rings. The second-order valence-electron chi connectivity index (χ2n) is 4.44. The number of amides is 1. The zero-order valence-corrected chi connectivity index (χ0v) is 10.6. The fourth-order valence-electron chi connectivity index (χ4n) is 1.58. The molecule has 1 N–H and O–H groups in total. The van der Waals surface area contributed by atoms with Gasteiger partial charge >= 0.3 is 0 Å². The van der Waals surface area contributed by atoms with E-state index in [2.05, 4.69) is 10.3 Å². The Morgan fingerprint density at radius 2 is 1.83 bits per heavy atom. The van der Waals surface area contributed by atoms with E-state index < -0.39 is 0 Å². The van der Waals surface area contributed by atoms with E-state index >= 15 is 0 Å².